The van der Waals surface area contributed by atoms with Gasteiger partial charge in [-0.15, -0.1) is 0 Å². The largest absolute Gasteiger partial charge is 0.312 e. The van der Waals surface area contributed by atoms with E-state index in [4.69, 9.17) is 5.14 Å². The third kappa shape index (κ3) is 2.68. The normalized spacial score (nSPS) is 14.9. The number of carbonyl (C=O) groups is 1. The Morgan fingerprint density at radius 1 is 1.42 bits per heavy atom. The third-order valence-corrected chi connectivity index (χ3v) is 4.96. The molecule has 0 aromatic heterocycles. The van der Waals surface area contributed by atoms with Gasteiger partial charge >= 0.3 is 0 Å². The summed E-state index contributed by atoms with van der Waals surface area (Å²) in [5, 5.41) is 5.17. The molecule has 1 aromatic carbocycles. The van der Waals surface area contributed by atoms with E-state index < -0.39 is 10.0 Å². The van der Waals surface area contributed by atoms with E-state index in [0.29, 0.717) is 16.7 Å². The predicted molar refractivity (Wildman–Crippen MR) is 76.4 cm³/mol. The van der Waals surface area contributed by atoms with Gasteiger partial charge in [0.1, 0.15) is 0 Å². The first-order valence-electron chi connectivity index (χ1n) is 5.88. The van der Waals surface area contributed by atoms with Gasteiger partial charge in [-0.25, -0.2) is 13.6 Å². The van der Waals surface area contributed by atoms with Crippen LogP contribution in [0.5, 0.6) is 0 Å². The Morgan fingerprint density at radius 2 is 2.05 bits per heavy atom. The third-order valence-electron chi connectivity index (χ3n) is 3.10. The first-order valence-corrected chi connectivity index (χ1v) is 8.22. The molecule has 1 aliphatic heterocycles. The highest BCUT2D eigenvalue weighted by atomic mass is 79.9. The van der Waals surface area contributed by atoms with Crippen molar-refractivity contribution in [2.24, 2.45) is 11.1 Å². The first-order chi connectivity index (χ1) is 8.71. The lowest BCUT2D eigenvalue weighted by molar-refractivity contribution is -0.121. The summed E-state index contributed by atoms with van der Waals surface area (Å²) in [4.78, 5) is 13.7. The van der Waals surface area contributed by atoms with E-state index in [0.717, 1.165) is 12.0 Å². The van der Waals surface area contributed by atoms with Crippen molar-refractivity contribution in [3.63, 3.8) is 0 Å². The fourth-order valence-corrected chi connectivity index (χ4v) is 3.82. The molecule has 7 heteroatoms. The lowest BCUT2D eigenvalue weighted by Gasteiger charge is -2.20. The molecule has 104 valence electrons. The van der Waals surface area contributed by atoms with Gasteiger partial charge in [-0.05, 0) is 40.0 Å². The van der Waals surface area contributed by atoms with E-state index in [1.54, 1.807) is 11.0 Å². The minimum atomic E-state index is -3.81. The number of nitrogens with two attached hydrogens (primary N) is 1. The van der Waals surface area contributed by atoms with Crippen LogP contribution in [-0.4, -0.2) is 20.9 Å². The number of sulfonamides is 1. The van der Waals surface area contributed by atoms with E-state index in [2.05, 4.69) is 15.9 Å². The molecule has 2 rings (SSSR count). The van der Waals surface area contributed by atoms with E-state index in [1.807, 2.05) is 13.8 Å². The molecule has 0 unspecified atom stereocenters. The Kier molecular flexibility index (Phi) is 3.72. The van der Waals surface area contributed by atoms with Crippen LogP contribution < -0.4 is 10.0 Å². The van der Waals surface area contributed by atoms with Crippen molar-refractivity contribution in [3.8, 4) is 0 Å². The average Bonchev–Trinajstić information content (AvgIpc) is 2.67. The number of hydrogen-bond acceptors (Lipinski definition) is 3. The maximum atomic E-state index is 12.1. The Bertz CT molecular complexity index is 641. The second-order valence-electron chi connectivity index (χ2n) is 4.85. The van der Waals surface area contributed by atoms with Crippen molar-refractivity contribution in [1.29, 1.82) is 0 Å². The predicted octanol–water partition coefficient (Wildman–Crippen LogP) is 1.64. The summed E-state index contributed by atoms with van der Waals surface area (Å²) in [5.41, 5.74) is 1.60. The molecule has 0 atom stereocenters. The van der Waals surface area contributed by atoms with Gasteiger partial charge in [-0.2, -0.15) is 0 Å². The highest BCUT2D eigenvalue weighted by molar-refractivity contribution is 9.10. The van der Waals surface area contributed by atoms with Crippen LogP contribution >= 0.6 is 15.9 Å². The Balaban J connectivity index is 2.54. The summed E-state index contributed by atoms with van der Waals surface area (Å²) in [7, 11) is -3.81. The minimum absolute atomic E-state index is 0.00899. The standard InChI is InChI=1S/C12H15BrN2O3S/c1-7(2)12(16)15-4-3-8-5-9(13)11(6-10(8)15)19(14,17)18/h5-7H,3-4H2,1-2H3,(H2,14,17,18). The van der Waals surface area contributed by atoms with E-state index in [9.17, 15) is 13.2 Å². The molecule has 0 spiro atoms. The number of hydrogen-bond donors (Lipinski definition) is 1. The summed E-state index contributed by atoms with van der Waals surface area (Å²) < 4.78 is 23.5. The molecule has 1 aliphatic rings. The molecule has 0 saturated heterocycles. The van der Waals surface area contributed by atoms with Crippen molar-refractivity contribution >= 4 is 37.5 Å². The van der Waals surface area contributed by atoms with Crippen LogP contribution in [0, 0.1) is 5.92 Å². The number of fused-ring (bicyclic) bond motifs is 1. The number of nitrogens with zero attached hydrogens (tertiary/aromatic N) is 1. The molecular weight excluding hydrogens is 332 g/mol. The molecule has 0 fully saturated rings. The topological polar surface area (TPSA) is 80.5 Å². The van der Waals surface area contributed by atoms with Gasteiger partial charge in [0.15, 0.2) is 0 Å². The summed E-state index contributed by atoms with van der Waals surface area (Å²) in [6.07, 6.45) is 0.720. The van der Waals surface area contributed by atoms with Gasteiger partial charge in [0.2, 0.25) is 15.9 Å². The van der Waals surface area contributed by atoms with Crippen LogP contribution in [-0.2, 0) is 21.2 Å². The number of amides is 1. The summed E-state index contributed by atoms with van der Waals surface area (Å²) in [6.45, 7) is 4.21. The van der Waals surface area contributed by atoms with Crippen LogP contribution in [0.2, 0.25) is 0 Å². The van der Waals surface area contributed by atoms with Gasteiger partial charge in [-0.1, -0.05) is 13.8 Å². The zero-order chi connectivity index (χ0) is 14.4. The van der Waals surface area contributed by atoms with Crippen LogP contribution in [0.1, 0.15) is 19.4 Å². The average molecular weight is 347 g/mol. The Labute approximate surface area is 121 Å². The smallest absolute Gasteiger partial charge is 0.239 e. The second-order valence-corrected chi connectivity index (χ2v) is 7.24. The van der Waals surface area contributed by atoms with Gasteiger partial charge < -0.3 is 4.90 Å². The summed E-state index contributed by atoms with van der Waals surface area (Å²) in [6, 6.07) is 3.20. The zero-order valence-electron chi connectivity index (χ0n) is 10.7. The van der Waals surface area contributed by atoms with E-state index in [1.165, 1.54) is 6.07 Å². The number of benzene rings is 1. The lowest BCUT2D eigenvalue weighted by Crippen LogP contribution is -2.32. The molecule has 0 bridgehead atoms. The van der Waals surface area contributed by atoms with Crippen molar-refractivity contribution in [2.75, 3.05) is 11.4 Å². The van der Waals surface area contributed by atoms with E-state index >= 15 is 0 Å². The fourth-order valence-electron chi connectivity index (χ4n) is 2.15. The van der Waals surface area contributed by atoms with Gasteiger partial charge in [0, 0.05) is 22.6 Å². The Morgan fingerprint density at radius 3 is 2.58 bits per heavy atom. The van der Waals surface area contributed by atoms with Crippen LogP contribution in [0.25, 0.3) is 0 Å². The van der Waals surface area contributed by atoms with Crippen LogP contribution in [0.15, 0.2) is 21.5 Å². The maximum Gasteiger partial charge on any atom is 0.239 e. The number of primary sulfonamides is 1. The zero-order valence-corrected chi connectivity index (χ0v) is 13.1. The van der Waals surface area contributed by atoms with Crippen LogP contribution in [0.3, 0.4) is 0 Å². The first kappa shape index (κ1) is 14.5. The number of carbonyl (C=O) groups excluding carboxylic acids is 1. The summed E-state index contributed by atoms with van der Waals surface area (Å²) in [5.74, 6) is -0.144. The maximum absolute atomic E-state index is 12.1. The molecule has 0 radical (unpaired) electrons. The van der Waals surface area contributed by atoms with Gasteiger partial charge in [-0.3, -0.25) is 4.79 Å². The minimum Gasteiger partial charge on any atom is -0.312 e. The molecule has 1 heterocycles. The Hall–Kier alpha value is -0.920. The SMILES string of the molecule is CC(C)C(=O)N1CCc2cc(Br)c(S(N)(=O)=O)cc21. The van der Waals surface area contributed by atoms with Crippen molar-refractivity contribution in [1.82, 2.24) is 0 Å². The number of rotatable bonds is 2. The lowest BCUT2D eigenvalue weighted by atomic mass is 10.1. The van der Waals surface area contributed by atoms with Crippen molar-refractivity contribution in [3.05, 3.63) is 22.2 Å². The van der Waals surface area contributed by atoms with Crippen molar-refractivity contribution < 1.29 is 13.2 Å². The number of anilines is 1. The summed E-state index contributed by atoms with van der Waals surface area (Å²) >= 11 is 3.21. The quantitative estimate of drug-likeness (QED) is 0.883. The molecule has 1 aromatic rings. The fraction of sp³-hybridized carbons (Fsp3) is 0.417. The molecule has 2 N–H and O–H groups in total. The molecule has 1 amide bonds. The second kappa shape index (κ2) is 4.88. The molecule has 0 saturated carbocycles. The van der Waals surface area contributed by atoms with Crippen molar-refractivity contribution in [2.45, 2.75) is 25.2 Å². The molecule has 0 aliphatic carbocycles. The molecule has 19 heavy (non-hydrogen) atoms. The van der Waals surface area contributed by atoms with Gasteiger partial charge in [0.05, 0.1) is 4.90 Å². The van der Waals surface area contributed by atoms with E-state index in [-0.39, 0.29) is 16.7 Å². The van der Waals surface area contributed by atoms with Crippen LogP contribution in [0.4, 0.5) is 5.69 Å². The molecule has 5 nitrogen and oxygen atoms in total. The highest BCUT2D eigenvalue weighted by Crippen LogP contribution is 2.35. The van der Waals surface area contributed by atoms with Gasteiger partial charge in [0.25, 0.3) is 0 Å². The molecular formula is C12H15BrN2O3S. The highest BCUT2D eigenvalue weighted by Gasteiger charge is 2.28. The monoisotopic (exact) mass is 346 g/mol. The number of halogens is 1.